The predicted molar refractivity (Wildman–Crippen MR) is 109 cm³/mol. The maximum atomic E-state index is 12.8. The molecule has 2 nitrogen and oxygen atoms in total. The molecule has 0 radical (unpaired) electrons. The first kappa shape index (κ1) is 18.3. The summed E-state index contributed by atoms with van der Waals surface area (Å²) in [5.41, 5.74) is 3.19. The van der Waals surface area contributed by atoms with E-state index in [1.165, 1.54) is 11.1 Å². The van der Waals surface area contributed by atoms with Crippen molar-refractivity contribution < 1.29 is 9.53 Å². The smallest absolute Gasteiger partial charge is 0.164 e. The van der Waals surface area contributed by atoms with Crippen molar-refractivity contribution in [2.45, 2.75) is 17.4 Å². The van der Waals surface area contributed by atoms with E-state index in [-0.39, 0.29) is 11.0 Å². The number of methoxy groups -OCH3 is 1. The van der Waals surface area contributed by atoms with Crippen LogP contribution < -0.4 is 4.74 Å². The van der Waals surface area contributed by atoms with Crippen LogP contribution in [0.2, 0.25) is 0 Å². The number of carbonyl (C=O) groups is 1. The van der Waals surface area contributed by atoms with Crippen molar-refractivity contribution in [3.05, 3.63) is 102 Å². The standard InChI is InChI=1S/C23H22O2S/c1-25-21-14-12-19(13-15-21)22(24)16-23(20-10-6-3-7-11-20)26-17-18-8-4-2-5-9-18/h2-15,23H,16-17H2,1H3. The zero-order chi connectivity index (χ0) is 18.2. The van der Waals surface area contributed by atoms with Crippen molar-refractivity contribution in [1.82, 2.24) is 0 Å². The molecule has 3 rings (SSSR count). The molecule has 0 N–H and O–H groups in total. The van der Waals surface area contributed by atoms with E-state index in [4.69, 9.17) is 4.74 Å². The maximum Gasteiger partial charge on any atom is 0.164 e. The van der Waals surface area contributed by atoms with Crippen molar-refractivity contribution in [2.24, 2.45) is 0 Å². The maximum absolute atomic E-state index is 12.8. The number of ketones is 1. The number of benzene rings is 3. The first-order chi connectivity index (χ1) is 12.8. The average Bonchev–Trinajstić information content (AvgIpc) is 2.72. The van der Waals surface area contributed by atoms with E-state index >= 15 is 0 Å². The second kappa shape index (κ2) is 9.25. The number of thioether (sulfide) groups is 1. The fraction of sp³-hybridized carbons (Fsp3) is 0.174. The molecule has 0 aliphatic carbocycles. The number of carbonyl (C=O) groups excluding carboxylic acids is 1. The van der Waals surface area contributed by atoms with Crippen LogP contribution >= 0.6 is 11.8 Å². The summed E-state index contributed by atoms with van der Waals surface area (Å²) in [6.07, 6.45) is 0.480. The minimum atomic E-state index is 0.131. The number of rotatable bonds is 8. The SMILES string of the molecule is COc1ccc(C(=O)CC(SCc2ccccc2)c2ccccc2)cc1. The molecular formula is C23H22O2S. The van der Waals surface area contributed by atoms with Crippen LogP contribution in [0, 0.1) is 0 Å². The second-order valence-electron chi connectivity index (χ2n) is 6.05. The summed E-state index contributed by atoms with van der Waals surface area (Å²) >= 11 is 1.81. The van der Waals surface area contributed by atoms with Gasteiger partial charge in [-0.2, -0.15) is 0 Å². The van der Waals surface area contributed by atoms with E-state index in [9.17, 15) is 4.79 Å². The van der Waals surface area contributed by atoms with Crippen molar-refractivity contribution >= 4 is 17.5 Å². The van der Waals surface area contributed by atoms with Crippen LogP contribution in [0.3, 0.4) is 0 Å². The summed E-state index contributed by atoms with van der Waals surface area (Å²) in [5.74, 6) is 1.80. The molecule has 0 amide bonds. The van der Waals surface area contributed by atoms with Gasteiger partial charge in [0.05, 0.1) is 7.11 Å². The minimum absolute atomic E-state index is 0.131. The zero-order valence-electron chi connectivity index (χ0n) is 14.8. The van der Waals surface area contributed by atoms with Crippen LogP contribution in [-0.2, 0) is 5.75 Å². The molecule has 0 saturated heterocycles. The summed E-state index contributed by atoms with van der Waals surface area (Å²) in [6, 6.07) is 28.0. The zero-order valence-corrected chi connectivity index (χ0v) is 15.6. The molecule has 26 heavy (non-hydrogen) atoms. The molecule has 3 aromatic rings. The van der Waals surface area contributed by atoms with Gasteiger partial charge in [-0.1, -0.05) is 60.7 Å². The Labute approximate surface area is 159 Å². The highest BCUT2D eigenvalue weighted by Gasteiger charge is 2.18. The Bertz CT molecular complexity index is 814. The lowest BCUT2D eigenvalue weighted by Crippen LogP contribution is -2.06. The van der Waals surface area contributed by atoms with E-state index in [0.29, 0.717) is 6.42 Å². The Balaban J connectivity index is 1.73. The first-order valence-corrected chi connectivity index (χ1v) is 9.69. The molecule has 3 heteroatoms. The van der Waals surface area contributed by atoms with Gasteiger partial charge in [-0.3, -0.25) is 4.79 Å². The highest BCUT2D eigenvalue weighted by atomic mass is 32.2. The molecule has 1 unspecified atom stereocenters. The van der Waals surface area contributed by atoms with E-state index in [2.05, 4.69) is 36.4 Å². The van der Waals surface area contributed by atoms with Crippen LogP contribution in [-0.4, -0.2) is 12.9 Å². The van der Waals surface area contributed by atoms with Crippen molar-refractivity contribution in [3.63, 3.8) is 0 Å². The van der Waals surface area contributed by atoms with E-state index in [0.717, 1.165) is 17.1 Å². The van der Waals surface area contributed by atoms with E-state index in [1.807, 2.05) is 60.3 Å². The summed E-state index contributed by atoms with van der Waals surface area (Å²) in [6.45, 7) is 0. The summed E-state index contributed by atoms with van der Waals surface area (Å²) < 4.78 is 5.17. The fourth-order valence-corrected chi connectivity index (χ4v) is 3.98. The molecule has 132 valence electrons. The Morgan fingerprint density at radius 2 is 1.50 bits per heavy atom. The molecule has 0 aromatic heterocycles. The van der Waals surface area contributed by atoms with Gasteiger partial charge in [-0.05, 0) is 35.4 Å². The Morgan fingerprint density at radius 3 is 2.12 bits per heavy atom. The Hall–Kier alpha value is -2.52. The lowest BCUT2D eigenvalue weighted by molar-refractivity contribution is 0.0982. The van der Waals surface area contributed by atoms with Gasteiger partial charge < -0.3 is 4.74 Å². The van der Waals surface area contributed by atoms with Gasteiger partial charge in [0.15, 0.2) is 5.78 Å². The summed E-state index contributed by atoms with van der Waals surface area (Å²) in [5, 5.41) is 0.131. The lowest BCUT2D eigenvalue weighted by atomic mass is 10.0. The quantitative estimate of drug-likeness (QED) is 0.464. The monoisotopic (exact) mass is 362 g/mol. The average molecular weight is 362 g/mol. The highest BCUT2D eigenvalue weighted by molar-refractivity contribution is 7.98. The first-order valence-electron chi connectivity index (χ1n) is 8.64. The van der Waals surface area contributed by atoms with Gasteiger partial charge in [0.2, 0.25) is 0 Å². The second-order valence-corrected chi connectivity index (χ2v) is 7.24. The molecule has 0 aliphatic rings. The van der Waals surface area contributed by atoms with Crippen LogP contribution in [0.1, 0.15) is 33.2 Å². The van der Waals surface area contributed by atoms with Crippen LogP contribution in [0.5, 0.6) is 5.75 Å². The lowest BCUT2D eigenvalue weighted by Gasteiger charge is -2.17. The van der Waals surface area contributed by atoms with Crippen molar-refractivity contribution in [2.75, 3.05) is 7.11 Å². The molecule has 1 atom stereocenters. The van der Waals surface area contributed by atoms with Crippen molar-refractivity contribution in [3.8, 4) is 5.75 Å². The summed E-state index contributed by atoms with van der Waals surface area (Å²) in [7, 11) is 1.63. The third-order valence-corrected chi connectivity index (χ3v) is 5.59. The van der Waals surface area contributed by atoms with Gasteiger partial charge >= 0.3 is 0 Å². The minimum Gasteiger partial charge on any atom is -0.497 e. The molecule has 0 fully saturated rings. The van der Waals surface area contributed by atoms with Crippen LogP contribution in [0.25, 0.3) is 0 Å². The van der Waals surface area contributed by atoms with Gasteiger partial charge in [-0.15, -0.1) is 11.8 Å². The molecule has 0 heterocycles. The molecule has 0 bridgehead atoms. The van der Waals surface area contributed by atoms with E-state index in [1.54, 1.807) is 7.11 Å². The van der Waals surface area contributed by atoms with Crippen LogP contribution in [0.15, 0.2) is 84.9 Å². The Kier molecular flexibility index (Phi) is 6.50. The number of hydrogen-bond acceptors (Lipinski definition) is 3. The Morgan fingerprint density at radius 1 is 0.885 bits per heavy atom. The van der Waals surface area contributed by atoms with Crippen LogP contribution in [0.4, 0.5) is 0 Å². The van der Waals surface area contributed by atoms with Gasteiger partial charge in [-0.25, -0.2) is 0 Å². The van der Waals surface area contributed by atoms with E-state index < -0.39 is 0 Å². The van der Waals surface area contributed by atoms with Crippen molar-refractivity contribution in [1.29, 1.82) is 0 Å². The summed E-state index contributed by atoms with van der Waals surface area (Å²) in [4.78, 5) is 12.8. The fourth-order valence-electron chi connectivity index (χ4n) is 2.77. The normalized spacial score (nSPS) is 11.7. The molecule has 0 aliphatic heterocycles. The third kappa shape index (κ3) is 4.99. The van der Waals surface area contributed by atoms with Gasteiger partial charge in [0, 0.05) is 23.0 Å². The third-order valence-electron chi connectivity index (χ3n) is 4.25. The molecule has 3 aromatic carbocycles. The predicted octanol–water partition coefficient (Wildman–Crippen LogP) is 5.94. The topological polar surface area (TPSA) is 26.3 Å². The van der Waals surface area contributed by atoms with Gasteiger partial charge in [0.25, 0.3) is 0 Å². The molecular weight excluding hydrogens is 340 g/mol. The molecule has 0 spiro atoms. The molecule has 0 saturated carbocycles. The van der Waals surface area contributed by atoms with Gasteiger partial charge in [0.1, 0.15) is 5.75 Å². The number of hydrogen-bond donors (Lipinski definition) is 0. The number of ether oxygens (including phenoxy) is 1. The largest absolute Gasteiger partial charge is 0.497 e. The highest BCUT2D eigenvalue weighted by Crippen LogP contribution is 2.35. The number of Topliss-reactive ketones (excluding diaryl/α,β-unsaturated/α-hetero) is 1.